The molecule has 7 heteroatoms. The molecule has 108 valence electrons. The van der Waals surface area contributed by atoms with Crippen molar-refractivity contribution in [1.82, 2.24) is 4.72 Å². The first-order valence-corrected chi connectivity index (χ1v) is 7.93. The maximum Gasteiger partial charge on any atom is 0.310 e. The molecule has 1 rings (SSSR count). The van der Waals surface area contributed by atoms with Crippen LogP contribution in [0.25, 0.3) is 0 Å². The summed E-state index contributed by atoms with van der Waals surface area (Å²) in [4.78, 5) is 11.7. The number of ether oxygens (including phenoxy) is 1. The first-order chi connectivity index (χ1) is 8.92. The van der Waals surface area contributed by atoms with Crippen molar-refractivity contribution >= 4 is 16.0 Å². The summed E-state index contributed by atoms with van der Waals surface area (Å²) in [6.45, 7) is 1.71. The molecule has 1 fully saturated rings. The Labute approximate surface area is 114 Å². The summed E-state index contributed by atoms with van der Waals surface area (Å²) in [5.41, 5.74) is 0. The number of nitriles is 1. The number of nitrogens with one attached hydrogen (secondary N) is 1. The lowest BCUT2D eigenvalue weighted by atomic mass is 9.89. The van der Waals surface area contributed by atoms with Crippen LogP contribution in [0.5, 0.6) is 0 Å². The third-order valence-corrected chi connectivity index (χ3v) is 5.35. The molecule has 19 heavy (non-hydrogen) atoms. The summed E-state index contributed by atoms with van der Waals surface area (Å²) in [6.07, 6.45) is 2.61. The van der Waals surface area contributed by atoms with E-state index in [1.54, 1.807) is 6.92 Å². The molecule has 0 heterocycles. The van der Waals surface area contributed by atoms with Crippen LogP contribution in [0.15, 0.2) is 0 Å². The molecule has 0 bridgehead atoms. The van der Waals surface area contributed by atoms with Gasteiger partial charge in [0.05, 0.1) is 30.3 Å². The van der Waals surface area contributed by atoms with E-state index < -0.39 is 33.1 Å². The number of carbonyl (C=O) groups is 1. The van der Waals surface area contributed by atoms with E-state index in [4.69, 9.17) is 5.26 Å². The van der Waals surface area contributed by atoms with Crippen molar-refractivity contribution in [2.24, 2.45) is 11.8 Å². The fraction of sp³-hybridized carbons (Fsp3) is 0.833. The Kier molecular flexibility index (Phi) is 5.76. The highest BCUT2D eigenvalue weighted by molar-refractivity contribution is 7.90. The number of methoxy groups -OCH3 is 1. The molecule has 0 spiro atoms. The van der Waals surface area contributed by atoms with Crippen molar-refractivity contribution in [2.75, 3.05) is 13.7 Å². The Morgan fingerprint density at radius 2 is 2.11 bits per heavy atom. The van der Waals surface area contributed by atoms with Gasteiger partial charge in [-0.1, -0.05) is 12.8 Å². The van der Waals surface area contributed by atoms with E-state index in [-0.39, 0.29) is 6.54 Å². The molecule has 0 aromatic rings. The number of sulfonamides is 1. The highest BCUT2D eigenvalue weighted by Gasteiger charge is 2.40. The number of hydrogen-bond acceptors (Lipinski definition) is 5. The zero-order valence-corrected chi connectivity index (χ0v) is 12.1. The number of esters is 1. The van der Waals surface area contributed by atoms with E-state index in [0.717, 1.165) is 12.8 Å². The van der Waals surface area contributed by atoms with Gasteiger partial charge in [0.2, 0.25) is 10.0 Å². The lowest BCUT2D eigenvalue weighted by Crippen LogP contribution is -2.45. The number of carbonyl (C=O) groups excluding carboxylic acids is 1. The van der Waals surface area contributed by atoms with Crippen LogP contribution in [0.1, 0.15) is 32.6 Å². The van der Waals surface area contributed by atoms with Crippen molar-refractivity contribution in [2.45, 2.75) is 37.9 Å². The smallest absolute Gasteiger partial charge is 0.310 e. The Morgan fingerprint density at radius 1 is 1.47 bits per heavy atom. The zero-order chi connectivity index (χ0) is 14.5. The van der Waals surface area contributed by atoms with Gasteiger partial charge in [-0.3, -0.25) is 4.79 Å². The average Bonchev–Trinajstić information content (AvgIpc) is 2.43. The van der Waals surface area contributed by atoms with Crippen LogP contribution in [0.4, 0.5) is 0 Å². The summed E-state index contributed by atoms with van der Waals surface area (Å²) >= 11 is 0. The fourth-order valence-electron chi connectivity index (χ4n) is 2.28. The molecule has 1 aliphatic rings. The number of hydrogen-bond donors (Lipinski definition) is 1. The van der Waals surface area contributed by atoms with Crippen molar-refractivity contribution in [3.63, 3.8) is 0 Å². The van der Waals surface area contributed by atoms with Gasteiger partial charge in [-0.25, -0.2) is 13.1 Å². The normalized spacial score (nSPS) is 25.3. The first-order valence-electron chi connectivity index (χ1n) is 6.38. The quantitative estimate of drug-likeness (QED) is 0.755. The van der Waals surface area contributed by atoms with E-state index in [1.807, 2.05) is 6.07 Å². The highest BCUT2D eigenvalue weighted by atomic mass is 32.2. The van der Waals surface area contributed by atoms with Gasteiger partial charge in [0, 0.05) is 6.54 Å². The SMILES string of the molecule is COC(=O)[C@@H]1CCCC[C@H]1S(=O)(=O)NC[C@H](C)C#N. The summed E-state index contributed by atoms with van der Waals surface area (Å²) in [7, 11) is -2.33. The number of rotatable bonds is 5. The zero-order valence-electron chi connectivity index (χ0n) is 11.3. The second-order valence-electron chi connectivity index (χ2n) is 4.88. The molecule has 0 aromatic heterocycles. The molecule has 0 radical (unpaired) electrons. The minimum absolute atomic E-state index is 0.0726. The molecule has 0 aliphatic heterocycles. The predicted molar refractivity (Wildman–Crippen MR) is 69.5 cm³/mol. The Morgan fingerprint density at radius 3 is 2.68 bits per heavy atom. The van der Waals surface area contributed by atoms with E-state index >= 15 is 0 Å². The van der Waals surface area contributed by atoms with Crippen molar-refractivity contribution < 1.29 is 17.9 Å². The highest BCUT2D eigenvalue weighted by Crippen LogP contribution is 2.30. The van der Waals surface area contributed by atoms with Gasteiger partial charge < -0.3 is 4.74 Å². The van der Waals surface area contributed by atoms with Gasteiger partial charge in [0.1, 0.15) is 0 Å². The molecule has 0 unspecified atom stereocenters. The standard InChI is InChI=1S/C12H20N2O4S/c1-9(7-13)8-14-19(16,17)11-6-4-3-5-10(11)12(15)18-2/h9-11,14H,3-6,8H2,1-2H3/t9-,10-,11-/m1/s1. The second-order valence-corrected chi connectivity index (χ2v) is 6.86. The predicted octanol–water partition coefficient (Wildman–Crippen LogP) is 0.797. The molecule has 1 aliphatic carbocycles. The van der Waals surface area contributed by atoms with Crippen LogP contribution in [0, 0.1) is 23.2 Å². The molecule has 1 saturated carbocycles. The van der Waals surface area contributed by atoms with Crippen LogP contribution in [0.3, 0.4) is 0 Å². The maximum absolute atomic E-state index is 12.2. The van der Waals surface area contributed by atoms with E-state index in [9.17, 15) is 13.2 Å². The van der Waals surface area contributed by atoms with Crippen LogP contribution >= 0.6 is 0 Å². The molecule has 6 nitrogen and oxygen atoms in total. The molecule has 3 atom stereocenters. The van der Waals surface area contributed by atoms with Crippen LogP contribution in [-0.4, -0.2) is 33.3 Å². The third kappa shape index (κ3) is 4.18. The molecule has 1 N–H and O–H groups in total. The summed E-state index contributed by atoms with van der Waals surface area (Å²) in [5, 5.41) is 7.91. The van der Waals surface area contributed by atoms with Gasteiger partial charge in [-0.15, -0.1) is 0 Å². The van der Waals surface area contributed by atoms with Crippen molar-refractivity contribution in [3.8, 4) is 6.07 Å². The Balaban J connectivity index is 2.79. The Bertz CT molecular complexity index is 455. The molecule has 0 saturated heterocycles. The van der Waals surface area contributed by atoms with Gasteiger partial charge in [-0.2, -0.15) is 5.26 Å². The summed E-state index contributed by atoms with van der Waals surface area (Å²) in [5.74, 6) is -1.47. The fourth-order valence-corrected chi connectivity index (χ4v) is 4.14. The number of nitrogens with zero attached hydrogens (tertiary/aromatic N) is 1. The minimum Gasteiger partial charge on any atom is -0.469 e. The van der Waals surface area contributed by atoms with Gasteiger partial charge >= 0.3 is 5.97 Å². The third-order valence-electron chi connectivity index (χ3n) is 3.42. The molecule has 0 amide bonds. The van der Waals surface area contributed by atoms with Crippen LogP contribution in [-0.2, 0) is 19.6 Å². The summed E-state index contributed by atoms with van der Waals surface area (Å²) in [6, 6.07) is 1.97. The van der Waals surface area contributed by atoms with E-state index in [2.05, 4.69) is 9.46 Å². The van der Waals surface area contributed by atoms with Crippen molar-refractivity contribution in [3.05, 3.63) is 0 Å². The maximum atomic E-state index is 12.2. The first kappa shape index (κ1) is 15.9. The van der Waals surface area contributed by atoms with E-state index in [0.29, 0.717) is 12.8 Å². The average molecular weight is 288 g/mol. The van der Waals surface area contributed by atoms with Crippen LogP contribution in [0.2, 0.25) is 0 Å². The van der Waals surface area contributed by atoms with Gasteiger partial charge in [-0.05, 0) is 19.8 Å². The van der Waals surface area contributed by atoms with Gasteiger partial charge in [0.25, 0.3) is 0 Å². The summed E-state index contributed by atoms with van der Waals surface area (Å²) < 4.78 is 31.5. The second kappa shape index (κ2) is 6.87. The molecule has 0 aromatic carbocycles. The van der Waals surface area contributed by atoms with Crippen LogP contribution < -0.4 is 4.72 Å². The molecular formula is C12H20N2O4S. The topological polar surface area (TPSA) is 96.3 Å². The molecular weight excluding hydrogens is 268 g/mol. The Hall–Kier alpha value is -1.13. The minimum atomic E-state index is -3.59. The largest absolute Gasteiger partial charge is 0.469 e. The lowest BCUT2D eigenvalue weighted by molar-refractivity contribution is -0.146. The van der Waals surface area contributed by atoms with Crippen molar-refractivity contribution in [1.29, 1.82) is 5.26 Å². The van der Waals surface area contributed by atoms with E-state index in [1.165, 1.54) is 7.11 Å². The lowest BCUT2D eigenvalue weighted by Gasteiger charge is -2.29. The monoisotopic (exact) mass is 288 g/mol. The van der Waals surface area contributed by atoms with Gasteiger partial charge in [0.15, 0.2) is 0 Å².